The summed E-state index contributed by atoms with van der Waals surface area (Å²) in [6, 6.07) is 11.0. The molecule has 7 nitrogen and oxygen atoms in total. The topological polar surface area (TPSA) is 102 Å². The fraction of sp³-hybridized carbons (Fsp3) is 0.133. The van der Waals surface area contributed by atoms with Gasteiger partial charge in [0.05, 0.1) is 11.5 Å². The zero-order valence-corrected chi connectivity index (χ0v) is 12.8. The zero-order chi connectivity index (χ0) is 16.4. The number of para-hydroxylation sites is 1. The second-order valence-corrected chi connectivity index (χ2v) is 6.85. The van der Waals surface area contributed by atoms with Crippen LogP contribution < -0.4 is 4.72 Å². The molecule has 2 aromatic rings. The van der Waals surface area contributed by atoms with Crippen LogP contribution in [0.25, 0.3) is 0 Å². The Hall–Kier alpha value is -2.74. The second kappa shape index (κ2) is 5.81. The van der Waals surface area contributed by atoms with Crippen molar-refractivity contribution in [2.75, 3.05) is 4.72 Å². The first-order chi connectivity index (χ1) is 10.9. The fourth-order valence-corrected chi connectivity index (χ4v) is 3.61. The van der Waals surface area contributed by atoms with E-state index in [1.54, 1.807) is 24.4 Å². The van der Waals surface area contributed by atoms with E-state index in [1.807, 2.05) is 6.07 Å². The first-order valence-electron chi connectivity index (χ1n) is 6.80. The van der Waals surface area contributed by atoms with Crippen LogP contribution in [0.4, 0.5) is 11.4 Å². The van der Waals surface area contributed by atoms with E-state index in [0.29, 0.717) is 12.2 Å². The third-order valence-corrected chi connectivity index (χ3v) is 4.68. The summed E-state index contributed by atoms with van der Waals surface area (Å²) < 4.78 is 27.0. The van der Waals surface area contributed by atoms with E-state index in [9.17, 15) is 18.5 Å². The molecule has 0 aliphatic carbocycles. The average Bonchev–Trinajstić information content (AvgIpc) is 2.94. The molecule has 0 aromatic heterocycles. The van der Waals surface area contributed by atoms with Gasteiger partial charge in [0.1, 0.15) is 5.75 Å². The lowest BCUT2D eigenvalue weighted by Crippen LogP contribution is -2.16. The van der Waals surface area contributed by atoms with Gasteiger partial charge in [0.25, 0.3) is 5.69 Å². The standard InChI is InChI=1S/C15H13N3O4S/c19-18(20)15-4-2-1-3-12(15)10-23(21,22)17-14-6-5-11-8-16-9-13(11)7-14/h1-7,9,17H,8,10H2. The Kier molecular flexibility index (Phi) is 3.83. The minimum atomic E-state index is -3.76. The third-order valence-electron chi connectivity index (χ3n) is 3.45. The van der Waals surface area contributed by atoms with Crippen LogP contribution in [0.5, 0.6) is 0 Å². The molecular weight excluding hydrogens is 318 g/mol. The maximum absolute atomic E-state index is 12.3. The largest absolute Gasteiger partial charge is 0.288 e. The Balaban J connectivity index is 1.83. The molecule has 1 N–H and O–H groups in total. The lowest BCUT2D eigenvalue weighted by atomic mass is 10.1. The summed E-state index contributed by atoms with van der Waals surface area (Å²) in [5.41, 5.74) is 2.25. The van der Waals surface area contributed by atoms with Crippen molar-refractivity contribution in [3.63, 3.8) is 0 Å². The molecule has 0 amide bonds. The summed E-state index contributed by atoms with van der Waals surface area (Å²) in [6.07, 6.45) is 1.69. The van der Waals surface area contributed by atoms with Crippen molar-refractivity contribution in [3.8, 4) is 0 Å². The lowest BCUT2D eigenvalue weighted by molar-refractivity contribution is -0.385. The Labute approximate surface area is 132 Å². The summed E-state index contributed by atoms with van der Waals surface area (Å²) in [7, 11) is -3.76. The molecule has 8 heteroatoms. The molecule has 1 aliphatic rings. The number of nitrogens with zero attached hydrogens (tertiary/aromatic N) is 2. The number of hydrogen-bond acceptors (Lipinski definition) is 5. The Morgan fingerprint density at radius 2 is 2.00 bits per heavy atom. The monoisotopic (exact) mass is 331 g/mol. The fourth-order valence-electron chi connectivity index (χ4n) is 2.40. The van der Waals surface area contributed by atoms with Gasteiger partial charge in [0.2, 0.25) is 10.0 Å². The van der Waals surface area contributed by atoms with Gasteiger partial charge < -0.3 is 0 Å². The molecule has 0 saturated heterocycles. The van der Waals surface area contributed by atoms with Gasteiger partial charge in [0, 0.05) is 23.5 Å². The molecule has 0 fully saturated rings. The number of nitrogens with one attached hydrogen (secondary N) is 1. The number of fused-ring (bicyclic) bond motifs is 1. The first-order valence-corrected chi connectivity index (χ1v) is 8.45. The van der Waals surface area contributed by atoms with E-state index in [-0.39, 0.29) is 11.3 Å². The van der Waals surface area contributed by atoms with Crippen molar-refractivity contribution >= 4 is 27.6 Å². The highest BCUT2D eigenvalue weighted by Gasteiger charge is 2.20. The summed E-state index contributed by atoms with van der Waals surface area (Å²) in [6.45, 7) is 0.596. The molecule has 0 atom stereocenters. The van der Waals surface area contributed by atoms with Crippen molar-refractivity contribution in [1.29, 1.82) is 0 Å². The Morgan fingerprint density at radius 1 is 1.22 bits per heavy atom. The third kappa shape index (κ3) is 3.37. The average molecular weight is 331 g/mol. The van der Waals surface area contributed by atoms with Gasteiger partial charge in [-0.25, -0.2) is 8.42 Å². The van der Waals surface area contributed by atoms with Gasteiger partial charge in [-0.1, -0.05) is 24.3 Å². The van der Waals surface area contributed by atoms with Crippen molar-refractivity contribution in [2.45, 2.75) is 12.3 Å². The van der Waals surface area contributed by atoms with E-state index in [0.717, 1.165) is 11.1 Å². The lowest BCUT2D eigenvalue weighted by Gasteiger charge is -2.09. The van der Waals surface area contributed by atoms with Crippen molar-refractivity contribution in [3.05, 3.63) is 69.3 Å². The van der Waals surface area contributed by atoms with Crippen LogP contribution >= 0.6 is 0 Å². The molecule has 2 aromatic carbocycles. The van der Waals surface area contributed by atoms with Gasteiger partial charge >= 0.3 is 0 Å². The molecule has 3 rings (SSSR count). The van der Waals surface area contributed by atoms with E-state index in [1.165, 1.54) is 18.2 Å². The minimum absolute atomic E-state index is 0.146. The molecule has 0 radical (unpaired) electrons. The van der Waals surface area contributed by atoms with Crippen molar-refractivity contribution in [2.24, 2.45) is 4.99 Å². The van der Waals surface area contributed by atoms with Crippen LogP contribution in [0.1, 0.15) is 16.7 Å². The predicted molar refractivity (Wildman–Crippen MR) is 87.1 cm³/mol. The van der Waals surface area contributed by atoms with Crippen LogP contribution in [0, 0.1) is 10.1 Å². The van der Waals surface area contributed by atoms with E-state index >= 15 is 0 Å². The quantitative estimate of drug-likeness (QED) is 0.671. The van der Waals surface area contributed by atoms with Gasteiger partial charge in [-0.15, -0.1) is 0 Å². The number of sulfonamides is 1. The van der Waals surface area contributed by atoms with Crippen LogP contribution in [-0.4, -0.2) is 19.6 Å². The Morgan fingerprint density at radius 3 is 2.78 bits per heavy atom. The minimum Gasteiger partial charge on any atom is -0.288 e. The highest BCUT2D eigenvalue weighted by Crippen LogP contribution is 2.23. The van der Waals surface area contributed by atoms with Crippen LogP contribution in [0.3, 0.4) is 0 Å². The molecule has 0 bridgehead atoms. The first kappa shape index (κ1) is 15.2. The maximum Gasteiger partial charge on any atom is 0.273 e. The van der Waals surface area contributed by atoms with Gasteiger partial charge in [-0.3, -0.25) is 19.8 Å². The van der Waals surface area contributed by atoms with E-state index in [4.69, 9.17) is 0 Å². The molecule has 0 unspecified atom stereocenters. The zero-order valence-electron chi connectivity index (χ0n) is 12.0. The van der Waals surface area contributed by atoms with Crippen LogP contribution in [0.15, 0.2) is 47.5 Å². The van der Waals surface area contributed by atoms with Gasteiger partial charge in [0.15, 0.2) is 0 Å². The molecular formula is C15H13N3O4S. The molecule has 1 aliphatic heterocycles. The number of nitro groups is 1. The number of hydrogen-bond donors (Lipinski definition) is 1. The van der Waals surface area contributed by atoms with Crippen LogP contribution in [-0.2, 0) is 22.3 Å². The predicted octanol–water partition coefficient (Wildman–Crippen LogP) is 2.47. The summed E-state index contributed by atoms with van der Waals surface area (Å²) >= 11 is 0. The normalized spacial score (nSPS) is 12.9. The second-order valence-electron chi connectivity index (χ2n) is 5.13. The molecule has 0 spiro atoms. The van der Waals surface area contributed by atoms with Crippen LogP contribution in [0.2, 0.25) is 0 Å². The SMILES string of the molecule is O=[N+]([O-])c1ccccc1CS(=O)(=O)Nc1ccc2c(c1)C=NC2. The molecule has 0 saturated carbocycles. The van der Waals surface area contributed by atoms with E-state index in [2.05, 4.69) is 9.71 Å². The number of nitro benzene ring substituents is 1. The highest BCUT2D eigenvalue weighted by atomic mass is 32.2. The number of aliphatic imine (C=N–C) groups is 1. The molecule has 1 heterocycles. The Bertz CT molecular complexity index is 907. The van der Waals surface area contributed by atoms with Crippen molar-refractivity contribution in [1.82, 2.24) is 0 Å². The summed E-state index contributed by atoms with van der Waals surface area (Å²) in [5.74, 6) is -0.463. The maximum atomic E-state index is 12.3. The van der Waals surface area contributed by atoms with E-state index < -0.39 is 20.7 Å². The highest BCUT2D eigenvalue weighted by molar-refractivity contribution is 7.91. The summed E-state index contributed by atoms with van der Waals surface area (Å²) in [5, 5.41) is 11.0. The van der Waals surface area contributed by atoms with Gasteiger partial charge in [-0.05, 0) is 23.3 Å². The van der Waals surface area contributed by atoms with Crippen molar-refractivity contribution < 1.29 is 13.3 Å². The summed E-state index contributed by atoms with van der Waals surface area (Å²) in [4.78, 5) is 14.5. The molecule has 23 heavy (non-hydrogen) atoms. The number of benzene rings is 2. The van der Waals surface area contributed by atoms with Gasteiger partial charge in [-0.2, -0.15) is 0 Å². The molecule has 118 valence electrons. The number of rotatable bonds is 5. The smallest absolute Gasteiger partial charge is 0.273 e. The number of anilines is 1.